The van der Waals surface area contributed by atoms with Crippen LogP contribution in [0.15, 0.2) is 72.8 Å². The predicted octanol–water partition coefficient (Wildman–Crippen LogP) is 4.85. The van der Waals surface area contributed by atoms with Gasteiger partial charge >= 0.3 is 0 Å². The lowest BCUT2D eigenvalue weighted by atomic mass is 10.1. The van der Waals surface area contributed by atoms with E-state index in [1.807, 2.05) is 55.5 Å². The summed E-state index contributed by atoms with van der Waals surface area (Å²) in [5.41, 5.74) is 3.32. The molecule has 7 heteroatoms. The van der Waals surface area contributed by atoms with Crippen LogP contribution in [0.5, 0.6) is 17.2 Å². The molecule has 0 fully saturated rings. The van der Waals surface area contributed by atoms with Crippen molar-refractivity contribution < 1.29 is 23.8 Å². The van der Waals surface area contributed by atoms with Gasteiger partial charge in [0, 0.05) is 18.3 Å². The van der Waals surface area contributed by atoms with Gasteiger partial charge in [-0.25, -0.2) is 0 Å². The summed E-state index contributed by atoms with van der Waals surface area (Å²) in [7, 11) is 1.62. The number of carbonyl (C=O) groups is 2. The highest BCUT2D eigenvalue weighted by Gasteiger charge is 2.25. The minimum absolute atomic E-state index is 0.0165. The smallest absolute Gasteiger partial charge is 0.265 e. The minimum atomic E-state index is -0.256. The summed E-state index contributed by atoms with van der Waals surface area (Å²) in [6, 6.07) is 20.5. The molecule has 1 N–H and O–H groups in total. The Morgan fingerprint density at radius 2 is 1.80 bits per heavy atom. The van der Waals surface area contributed by atoms with E-state index in [9.17, 15) is 9.59 Å². The van der Waals surface area contributed by atoms with Gasteiger partial charge in [0.05, 0.1) is 19.4 Å². The highest BCUT2D eigenvalue weighted by molar-refractivity contribution is 6.03. The molecule has 4 rings (SSSR count). The molecule has 3 aromatic carbocycles. The first-order valence-electron chi connectivity index (χ1n) is 11.4. The topological polar surface area (TPSA) is 77.1 Å². The molecule has 0 unspecified atom stereocenters. The highest BCUT2D eigenvalue weighted by Crippen LogP contribution is 2.34. The molecule has 0 saturated heterocycles. The Balaban J connectivity index is 1.36. The van der Waals surface area contributed by atoms with Crippen LogP contribution >= 0.6 is 0 Å². The van der Waals surface area contributed by atoms with E-state index in [-0.39, 0.29) is 18.4 Å². The molecule has 180 valence electrons. The number of aryl methyl sites for hydroxylation is 1. The SMILES string of the molecule is COc1ccc(OCCCN2C(=O)COc3ccc(NC(=O)/C=C/c4ccc(C)cc4)cc32)cc1. The van der Waals surface area contributed by atoms with Gasteiger partial charge < -0.3 is 24.4 Å². The number of nitrogens with zero attached hydrogens (tertiary/aromatic N) is 1. The standard InChI is InChI=1S/C28H28N2O5/c1-20-4-6-21(7-5-20)8-15-27(31)29-22-9-14-26-25(18-22)30(28(32)19-35-26)16-3-17-34-24-12-10-23(33-2)11-13-24/h4-15,18H,3,16-17,19H2,1-2H3,(H,29,31)/b15-8+. The summed E-state index contributed by atoms with van der Waals surface area (Å²) in [6.45, 7) is 2.92. The third kappa shape index (κ3) is 6.41. The van der Waals surface area contributed by atoms with Crippen LogP contribution in [0.2, 0.25) is 0 Å². The molecular formula is C28H28N2O5. The van der Waals surface area contributed by atoms with Crippen LogP contribution in [0, 0.1) is 6.92 Å². The van der Waals surface area contributed by atoms with E-state index in [1.54, 1.807) is 36.3 Å². The van der Waals surface area contributed by atoms with Crippen molar-refractivity contribution in [3.05, 3.63) is 83.9 Å². The molecule has 3 aromatic rings. The van der Waals surface area contributed by atoms with Crippen molar-refractivity contribution in [1.82, 2.24) is 0 Å². The molecular weight excluding hydrogens is 444 g/mol. The second kappa shape index (κ2) is 11.2. The zero-order valence-corrected chi connectivity index (χ0v) is 19.8. The number of ether oxygens (including phenoxy) is 3. The first kappa shape index (κ1) is 23.9. The number of hydrogen-bond donors (Lipinski definition) is 1. The summed E-state index contributed by atoms with van der Waals surface area (Å²) in [4.78, 5) is 26.6. The number of amides is 2. The second-order valence-electron chi connectivity index (χ2n) is 8.13. The van der Waals surface area contributed by atoms with Crippen molar-refractivity contribution >= 4 is 29.3 Å². The number of nitrogens with one attached hydrogen (secondary N) is 1. The number of fused-ring (bicyclic) bond motifs is 1. The Hall–Kier alpha value is -4.26. The average molecular weight is 473 g/mol. The Morgan fingerprint density at radius 1 is 1.06 bits per heavy atom. The van der Waals surface area contributed by atoms with Gasteiger partial charge in [-0.15, -0.1) is 0 Å². The van der Waals surface area contributed by atoms with Crippen molar-refractivity contribution in [3.8, 4) is 17.2 Å². The average Bonchev–Trinajstić information content (AvgIpc) is 2.87. The molecule has 35 heavy (non-hydrogen) atoms. The molecule has 2 amide bonds. The van der Waals surface area contributed by atoms with Gasteiger partial charge in [-0.2, -0.15) is 0 Å². The van der Waals surface area contributed by atoms with Gasteiger partial charge in [-0.3, -0.25) is 9.59 Å². The van der Waals surface area contributed by atoms with Crippen molar-refractivity contribution in [2.45, 2.75) is 13.3 Å². The van der Waals surface area contributed by atoms with Crippen LogP contribution in [0.1, 0.15) is 17.5 Å². The summed E-state index contributed by atoms with van der Waals surface area (Å²) in [5, 5.41) is 2.85. The maximum atomic E-state index is 12.6. The summed E-state index contributed by atoms with van der Waals surface area (Å²) < 4.78 is 16.5. The van der Waals surface area contributed by atoms with E-state index in [0.717, 1.165) is 22.6 Å². The summed E-state index contributed by atoms with van der Waals surface area (Å²) >= 11 is 0. The molecule has 0 aliphatic carbocycles. The van der Waals surface area contributed by atoms with E-state index in [1.165, 1.54) is 6.08 Å². The maximum absolute atomic E-state index is 12.6. The molecule has 1 heterocycles. The van der Waals surface area contributed by atoms with E-state index < -0.39 is 0 Å². The van der Waals surface area contributed by atoms with Crippen LogP contribution in [-0.2, 0) is 9.59 Å². The van der Waals surface area contributed by atoms with Crippen molar-refractivity contribution in [2.75, 3.05) is 37.1 Å². The van der Waals surface area contributed by atoms with Gasteiger partial charge in [0.25, 0.3) is 5.91 Å². The van der Waals surface area contributed by atoms with Crippen LogP contribution in [0.4, 0.5) is 11.4 Å². The number of rotatable bonds is 9. The second-order valence-corrected chi connectivity index (χ2v) is 8.13. The number of anilines is 2. The largest absolute Gasteiger partial charge is 0.497 e. The fourth-order valence-corrected chi connectivity index (χ4v) is 3.64. The Kier molecular flexibility index (Phi) is 7.67. The van der Waals surface area contributed by atoms with E-state index in [0.29, 0.717) is 36.7 Å². The van der Waals surface area contributed by atoms with E-state index in [2.05, 4.69) is 5.32 Å². The van der Waals surface area contributed by atoms with E-state index in [4.69, 9.17) is 14.2 Å². The molecule has 0 atom stereocenters. The van der Waals surface area contributed by atoms with Crippen molar-refractivity contribution in [1.29, 1.82) is 0 Å². The third-order valence-corrected chi connectivity index (χ3v) is 5.53. The first-order valence-corrected chi connectivity index (χ1v) is 11.4. The lowest BCUT2D eigenvalue weighted by Crippen LogP contribution is -2.39. The predicted molar refractivity (Wildman–Crippen MR) is 136 cm³/mol. The zero-order valence-electron chi connectivity index (χ0n) is 19.8. The van der Waals surface area contributed by atoms with Gasteiger partial charge in [0.2, 0.25) is 5.91 Å². The fourth-order valence-electron chi connectivity index (χ4n) is 3.64. The normalized spacial score (nSPS) is 12.7. The first-order chi connectivity index (χ1) is 17.0. The van der Waals surface area contributed by atoms with Crippen molar-refractivity contribution in [2.24, 2.45) is 0 Å². The van der Waals surface area contributed by atoms with Gasteiger partial charge in [0.1, 0.15) is 17.2 Å². The molecule has 0 bridgehead atoms. The van der Waals surface area contributed by atoms with Crippen LogP contribution in [0.25, 0.3) is 6.08 Å². The van der Waals surface area contributed by atoms with E-state index >= 15 is 0 Å². The number of methoxy groups -OCH3 is 1. The van der Waals surface area contributed by atoms with Gasteiger partial charge in [-0.05, 0) is 67.4 Å². The maximum Gasteiger partial charge on any atom is 0.265 e. The molecule has 0 spiro atoms. The monoisotopic (exact) mass is 472 g/mol. The minimum Gasteiger partial charge on any atom is -0.497 e. The third-order valence-electron chi connectivity index (χ3n) is 5.53. The summed E-state index contributed by atoms with van der Waals surface area (Å²) in [5.74, 6) is 1.72. The van der Waals surface area contributed by atoms with Crippen LogP contribution in [-0.4, -0.2) is 38.7 Å². The molecule has 0 saturated carbocycles. The molecule has 1 aliphatic heterocycles. The van der Waals surface area contributed by atoms with Crippen molar-refractivity contribution in [3.63, 3.8) is 0 Å². The van der Waals surface area contributed by atoms with Crippen LogP contribution in [0.3, 0.4) is 0 Å². The Labute approximate surface area is 204 Å². The number of benzene rings is 3. The molecule has 0 aromatic heterocycles. The fraction of sp³-hybridized carbons (Fsp3) is 0.214. The lowest BCUT2D eigenvalue weighted by molar-refractivity contribution is -0.121. The quantitative estimate of drug-likeness (QED) is 0.356. The number of carbonyl (C=O) groups excluding carboxylic acids is 2. The zero-order chi connectivity index (χ0) is 24.6. The lowest BCUT2D eigenvalue weighted by Gasteiger charge is -2.29. The Morgan fingerprint density at radius 3 is 2.54 bits per heavy atom. The van der Waals surface area contributed by atoms with Crippen LogP contribution < -0.4 is 24.4 Å². The molecule has 0 radical (unpaired) electrons. The molecule has 1 aliphatic rings. The van der Waals surface area contributed by atoms with Gasteiger partial charge in [-0.1, -0.05) is 29.8 Å². The highest BCUT2D eigenvalue weighted by atomic mass is 16.5. The molecule has 7 nitrogen and oxygen atoms in total. The Bertz CT molecular complexity index is 1200. The van der Waals surface area contributed by atoms with Gasteiger partial charge in [0.15, 0.2) is 6.61 Å². The summed E-state index contributed by atoms with van der Waals surface area (Å²) in [6.07, 6.45) is 3.88. The number of hydrogen-bond acceptors (Lipinski definition) is 5.